The molecule has 272 valence electrons. The molecular formula is C35H63N3O9. The molecule has 3 saturated heterocycles. The monoisotopic (exact) mass is 669 g/mol. The molecule has 47 heavy (non-hydrogen) atoms. The van der Waals surface area contributed by atoms with Gasteiger partial charge in [0.15, 0.2) is 17.7 Å². The number of ketones is 1. The van der Waals surface area contributed by atoms with Gasteiger partial charge in [0.25, 0.3) is 0 Å². The van der Waals surface area contributed by atoms with E-state index in [0.29, 0.717) is 25.8 Å². The predicted molar refractivity (Wildman–Crippen MR) is 178 cm³/mol. The molecule has 3 aliphatic rings. The first-order valence-electron chi connectivity index (χ1n) is 17.4. The lowest BCUT2D eigenvalue weighted by molar-refractivity contribution is -0.302. The highest BCUT2D eigenvalue weighted by atomic mass is 16.7. The third kappa shape index (κ3) is 8.56. The molecule has 0 aromatic carbocycles. The number of Topliss-reactive ketones (excluding diaryl/α,β-unsaturated/α-hetero) is 1. The largest absolute Gasteiger partial charge is 0.458 e. The van der Waals surface area contributed by atoms with E-state index >= 15 is 0 Å². The Balaban J connectivity index is 2.05. The van der Waals surface area contributed by atoms with Gasteiger partial charge in [0.2, 0.25) is 0 Å². The molecule has 14 atom stereocenters. The van der Waals surface area contributed by atoms with Crippen LogP contribution < -0.4 is 5.32 Å². The number of hydrogen-bond donors (Lipinski definition) is 2. The number of esters is 2. The van der Waals surface area contributed by atoms with Crippen LogP contribution in [-0.2, 0) is 38.1 Å². The third-order valence-electron chi connectivity index (χ3n) is 11.4. The fourth-order valence-electron chi connectivity index (χ4n) is 7.91. The SMILES string of the molecule is CC[C@H]1OC(=O)C(C)C(=O)[C@H](C)[C@@H](O[C@@H]2O[C@H]([C@@H](C)N(C)C)CC(N(C)C)[C@H]2O)[C@](C)(OC)C[C@@H](C)CN[C@H](C)[C@H]2CC(=O)O[C@@]21C. The van der Waals surface area contributed by atoms with E-state index in [9.17, 15) is 19.5 Å². The van der Waals surface area contributed by atoms with Crippen molar-refractivity contribution in [3.8, 4) is 0 Å². The third-order valence-corrected chi connectivity index (χ3v) is 11.4. The second-order valence-electron chi connectivity index (χ2n) is 15.3. The lowest BCUT2D eigenvalue weighted by atomic mass is 9.78. The highest BCUT2D eigenvalue weighted by Crippen LogP contribution is 2.42. The number of carbonyl (C=O) groups excluding carboxylic acids is 3. The molecule has 0 aromatic rings. The maximum absolute atomic E-state index is 14.2. The molecular weight excluding hydrogens is 606 g/mol. The summed E-state index contributed by atoms with van der Waals surface area (Å²) in [7, 11) is 9.41. The molecule has 3 aliphatic heterocycles. The van der Waals surface area contributed by atoms with Crippen LogP contribution in [0.15, 0.2) is 0 Å². The number of aliphatic hydroxyl groups is 1. The zero-order valence-corrected chi connectivity index (χ0v) is 31.1. The van der Waals surface area contributed by atoms with Gasteiger partial charge in [-0.15, -0.1) is 0 Å². The molecule has 0 aliphatic carbocycles. The van der Waals surface area contributed by atoms with Gasteiger partial charge in [0.05, 0.1) is 24.2 Å². The smallest absolute Gasteiger partial charge is 0.316 e. The minimum Gasteiger partial charge on any atom is -0.458 e. The van der Waals surface area contributed by atoms with E-state index in [-0.39, 0.29) is 54.2 Å². The molecule has 2 unspecified atom stereocenters. The van der Waals surface area contributed by atoms with E-state index in [4.69, 9.17) is 23.7 Å². The van der Waals surface area contributed by atoms with Crippen LogP contribution in [0.5, 0.6) is 0 Å². The Morgan fingerprint density at radius 3 is 2.28 bits per heavy atom. The fraction of sp³-hybridized carbons (Fsp3) is 0.914. The van der Waals surface area contributed by atoms with Gasteiger partial charge >= 0.3 is 11.9 Å². The average molecular weight is 670 g/mol. The Bertz CT molecular complexity index is 1090. The molecule has 2 N–H and O–H groups in total. The van der Waals surface area contributed by atoms with Crippen molar-refractivity contribution in [2.24, 2.45) is 23.7 Å². The van der Waals surface area contributed by atoms with Crippen LogP contribution in [0.25, 0.3) is 0 Å². The first-order chi connectivity index (χ1) is 21.8. The van der Waals surface area contributed by atoms with Crippen molar-refractivity contribution in [1.82, 2.24) is 15.1 Å². The topological polar surface area (TPSA) is 136 Å². The van der Waals surface area contributed by atoms with Crippen LogP contribution in [0, 0.1) is 23.7 Å². The first kappa shape index (κ1) is 39.8. The van der Waals surface area contributed by atoms with Gasteiger partial charge in [0.1, 0.15) is 18.1 Å². The summed E-state index contributed by atoms with van der Waals surface area (Å²) in [4.78, 5) is 44.5. The van der Waals surface area contributed by atoms with Crippen LogP contribution in [0.4, 0.5) is 0 Å². The van der Waals surface area contributed by atoms with Crippen molar-refractivity contribution in [1.29, 1.82) is 0 Å². The number of aliphatic hydroxyl groups excluding tert-OH is 1. The number of rotatable bonds is 7. The summed E-state index contributed by atoms with van der Waals surface area (Å²) in [5, 5.41) is 15.2. The standard InChI is InChI=1S/C35H63N3O9/c1-14-27-35(8)24(15-28(39)47-35)22(5)36-18-19(2)17-34(7,43-13)31(20(3)29(40)21(4)32(42)45-27)46-33-30(41)25(38(11)12)16-26(44-33)23(6)37(9)10/h19-27,30-31,33,36,41H,14-18H2,1-13H3/t19-,20+,21?,22-,23-,24-,25?,26+,27-,30-,31-,33+,34-,35+/m1/s1. The number of hydrogen-bond acceptors (Lipinski definition) is 12. The highest BCUT2D eigenvalue weighted by Gasteiger charge is 2.55. The van der Waals surface area contributed by atoms with Gasteiger partial charge in [0, 0.05) is 37.1 Å². The van der Waals surface area contributed by atoms with E-state index in [1.807, 2.05) is 60.8 Å². The van der Waals surface area contributed by atoms with Crippen LogP contribution >= 0.6 is 0 Å². The summed E-state index contributed by atoms with van der Waals surface area (Å²) >= 11 is 0. The first-order valence-corrected chi connectivity index (χ1v) is 17.4. The molecule has 12 nitrogen and oxygen atoms in total. The summed E-state index contributed by atoms with van der Waals surface area (Å²) in [6.07, 6.45) is -2.18. The van der Waals surface area contributed by atoms with E-state index in [0.717, 1.165) is 0 Å². The van der Waals surface area contributed by atoms with E-state index < -0.39 is 53.6 Å². The highest BCUT2D eigenvalue weighted by molar-refractivity contribution is 6.00. The van der Waals surface area contributed by atoms with Gasteiger partial charge in [-0.1, -0.05) is 20.8 Å². The minimum absolute atomic E-state index is 0.0341. The number of fused-ring (bicyclic) bond motifs is 1. The molecule has 0 bridgehead atoms. The van der Waals surface area contributed by atoms with Crippen LogP contribution in [-0.4, -0.2) is 135 Å². The fourth-order valence-corrected chi connectivity index (χ4v) is 7.91. The Morgan fingerprint density at radius 1 is 1.09 bits per heavy atom. The maximum atomic E-state index is 14.2. The number of carbonyl (C=O) groups is 3. The molecule has 0 saturated carbocycles. The molecule has 3 heterocycles. The molecule has 0 radical (unpaired) electrons. The summed E-state index contributed by atoms with van der Waals surface area (Å²) in [6, 6.07) is -0.343. The van der Waals surface area contributed by atoms with E-state index in [1.165, 1.54) is 0 Å². The Hall–Kier alpha value is -1.67. The average Bonchev–Trinajstić information content (AvgIpc) is 3.33. The number of likely N-dealkylation sites (N-methyl/N-ethyl adjacent to an activating group) is 2. The van der Waals surface area contributed by atoms with E-state index in [1.54, 1.807) is 21.0 Å². The Kier molecular flexibility index (Phi) is 13.5. The van der Waals surface area contributed by atoms with Crippen LogP contribution in [0.1, 0.15) is 81.1 Å². The summed E-state index contributed by atoms with van der Waals surface area (Å²) in [5.41, 5.74) is -2.05. The van der Waals surface area contributed by atoms with Crippen molar-refractivity contribution < 1.29 is 43.2 Å². The van der Waals surface area contributed by atoms with Gasteiger partial charge in [-0.2, -0.15) is 0 Å². The van der Waals surface area contributed by atoms with E-state index in [2.05, 4.69) is 24.1 Å². The number of ether oxygens (including phenoxy) is 5. The van der Waals surface area contributed by atoms with Crippen molar-refractivity contribution in [2.45, 2.75) is 141 Å². The quantitative estimate of drug-likeness (QED) is 0.305. The summed E-state index contributed by atoms with van der Waals surface area (Å²) in [5.74, 6) is -3.53. The van der Waals surface area contributed by atoms with Crippen LogP contribution in [0.2, 0.25) is 0 Å². The van der Waals surface area contributed by atoms with Crippen molar-refractivity contribution in [3.63, 3.8) is 0 Å². The van der Waals surface area contributed by atoms with Crippen molar-refractivity contribution >= 4 is 17.7 Å². The van der Waals surface area contributed by atoms with Gasteiger partial charge in [-0.25, -0.2) is 0 Å². The van der Waals surface area contributed by atoms with Crippen molar-refractivity contribution in [2.75, 3.05) is 41.8 Å². The normalized spacial score (nSPS) is 43.6. The predicted octanol–water partition coefficient (Wildman–Crippen LogP) is 2.64. The molecule has 3 fully saturated rings. The second-order valence-corrected chi connectivity index (χ2v) is 15.3. The molecule has 12 heteroatoms. The minimum atomic E-state index is -1.13. The van der Waals surface area contributed by atoms with Gasteiger partial charge in [-0.3, -0.25) is 14.4 Å². The van der Waals surface area contributed by atoms with Gasteiger partial charge < -0.3 is 43.9 Å². The lowest BCUT2D eigenvalue weighted by Gasteiger charge is -2.48. The lowest BCUT2D eigenvalue weighted by Crippen LogP contribution is -2.61. The summed E-state index contributed by atoms with van der Waals surface area (Å²) in [6.45, 7) is 15.7. The van der Waals surface area contributed by atoms with Crippen LogP contribution in [0.3, 0.4) is 0 Å². The molecule has 3 rings (SSSR count). The number of cyclic esters (lactones) is 1. The zero-order valence-electron chi connectivity index (χ0n) is 31.1. The Morgan fingerprint density at radius 2 is 1.72 bits per heavy atom. The van der Waals surface area contributed by atoms with Crippen molar-refractivity contribution in [3.05, 3.63) is 0 Å². The Labute approximate surface area is 282 Å². The zero-order chi connectivity index (χ0) is 35.6. The maximum Gasteiger partial charge on any atom is 0.316 e. The number of nitrogens with zero attached hydrogens (tertiary/aromatic N) is 2. The molecule has 0 spiro atoms. The number of nitrogens with one attached hydrogen (secondary N) is 1. The molecule has 0 amide bonds. The second kappa shape index (κ2) is 15.9. The van der Waals surface area contributed by atoms with Gasteiger partial charge in [-0.05, 0) is 94.5 Å². The summed E-state index contributed by atoms with van der Waals surface area (Å²) < 4.78 is 31.3. The number of methoxy groups -OCH3 is 1. The molecule has 0 aromatic heterocycles.